The fourth-order valence-corrected chi connectivity index (χ4v) is 1.90. The maximum absolute atomic E-state index is 12.4. The van der Waals surface area contributed by atoms with Gasteiger partial charge in [-0.3, -0.25) is 4.79 Å². The summed E-state index contributed by atoms with van der Waals surface area (Å²) in [5.41, 5.74) is 0.736. The first-order chi connectivity index (χ1) is 10.8. The molecule has 0 saturated carbocycles. The van der Waals surface area contributed by atoms with Crippen LogP contribution >= 0.6 is 11.8 Å². The minimum absolute atomic E-state index is 0.180. The lowest BCUT2D eigenvalue weighted by molar-refractivity contribution is -0.159. The first kappa shape index (κ1) is 17.3. The highest BCUT2D eigenvalue weighted by atomic mass is 32.2. The molecule has 0 saturated heterocycles. The maximum atomic E-state index is 12.4. The molecule has 1 amide bonds. The first-order valence-electron chi connectivity index (χ1n) is 6.63. The van der Waals surface area contributed by atoms with Crippen molar-refractivity contribution in [3.63, 3.8) is 0 Å². The second-order valence-electron chi connectivity index (χ2n) is 4.75. The van der Waals surface area contributed by atoms with E-state index in [4.69, 9.17) is 0 Å². The molecule has 1 heterocycles. The molecule has 1 atom stereocenters. The van der Waals surface area contributed by atoms with E-state index in [0.29, 0.717) is 22.9 Å². The molecule has 23 heavy (non-hydrogen) atoms. The topological polar surface area (TPSA) is 68.0 Å². The van der Waals surface area contributed by atoms with Crippen LogP contribution in [0.4, 0.5) is 13.2 Å². The molecule has 0 aliphatic heterocycles. The van der Waals surface area contributed by atoms with E-state index in [0.717, 1.165) is 0 Å². The number of benzene rings is 1. The molecule has 1 aromatic carbocycles. The summed E-state index contributed by atoms with van der Waals surface area (Å²) in [5.74, 6) is -1.83. The molecule has 0 aliphatic rings. The molecule has 1 unspecified atom stereocenters. The van der Waals surface area contributed by atoms with Crippen molar-refractivity contribution >= 4 is 17.7 Å². The normalized spacial score (nSPS) is 12.9. The Hall–Kier alpha value is -2.03. The number of nitrogens with one attached hydrogen (secondary N) is 1. The summed E-state index contributed by atoms with van der Waals surface area (Å²) in [6.45, 7) is 2.52. The molecule has 1 N–H and O–H groups in total. The highest BCUT2D eigenvalue weighted by molar-refractivity contribution is 7.99. The SMILES string of the molecule is CSC(C)CNC(=O)c1ccc(-c2noc(C(F)(F)F)n2)cc1. The summed E-state index contributed by atoms with van der Waals surface area (Å²) in [7, 11) is 0. The molecule has 0 spiro atoms. The molecule has 0 aliphatic carbocycles. The van der Waals surface area contributed by atoms with Gasteiger partial charge in [0.15, 0.2) is 0 Å². The second-order valence-corrected chi connectivity index (χ2v) is 6.03. The van der Waals surface area contributed by atoms with Crippen molar-refractivity contribution in [3.8, 4) is 11.4 Å². The Bertz CT molecular complexity index is 671. The molecule has 5 nitrogen and oxygen atoms in total. The monoisotopic (exact) mass is 345 g/mol. The van der Waals surface area contributed by atoms with Crippen LogP contribution in [0.2, 0.25) is 0 Å². The quantitative estimate of drug-likeness (QED) is 0.901. The van der Waals surface area contributed by atoms with Crippen molar-refractivity contribution in [3.05, 3.63) is 35.7 Å². The van der Waals surface area contributed by atoms with E-state index >= 15 is 0 Å². The Balaban J connectivity index is 2.07. The minimum atomic E-state index is -4.68. The van der Waals surface area contributed by atoms with E-state index in [2.05, 4.69) is 20.0 Å². The molecule has 2 rings (SSSR count). The number of alkyl halides is 3. The Kier molecular flexibility index (Phi) is 5.30. The van der Waals surface area contributed by atoms with E-state index in [9.17, 15) is 18.0 Å². The fraction of sp³-hybridized carbons (Fsp3) is 0.357. The van der Waals surface area contributed by atoms with Gasteiger partial charge in [0.05, 0.1) is 0 Å². The van der Waals surface area contributed by atoms with Gasteiger partial charge < -0.3 is 9.84 Å². The van der Waals surface area contributed by atoms with Gasteiger partial charge in [0, 0.05) is 22.9 Å². The first-order valence-corrected chi connectivity index (χ1v) is 7.92. The Morgan fingerprint density at radius 3 is 2.52 bits per heavy atom. The van der Waals surface area contributed by atoms with E-state index in [1.165, 1.54) is 24.3 Å². The van der Waals surface area contributed by atoms with Gasteiger partial charge in [-0.25, -0.2) is 0 Å². The number of aromatic nitrogens is 2. The third-order valence-corrected chi connectivity index (χ3v) is 4.00. The number of hydrogen-bond donors (Lipinski definition) is 1. The van der Waals surface area contributed by atoms with E-state index < -0.39 is 12.1 Å². The third kappa shape index (κ3) is 4.47. The number of rotatable bonds is 5. The van der Waals surface area contributed by atoms with Gasteiger partial charge in [0.1, 0.15) is 0 Å². The van der Waals surface area contributed by atoms with Crippen molar-refractivity contribution in [2.24, 2.45) is 0 Å². The van der Waals surface area contributed by atoms with Crippen LogP contribution in [-0.4, -0.2) is 34.1 Å². The third-order valence-electron chi connectivity index (χ3n) is 3.03. The average molecular weight is 345 g/mol. The predicted molar refractivity (Wildman–Crippen MR) is 80.0 cm³/mol. The van der Waals surface area contributed by atoms with Crippen molar-refractivity contribution in [2.45, 2.75) is 18.3 Å². The number of hydrogen-bond acceptors (Lipinski definition) is 5. The number of carbonyl (C=O) groups is 1. The van der Waals surface area contributed by atoms with Gasteiger partial charge in [0.25, 0.3) is 5.91 Å². The van der Waals surface area contributed by atoms with Crippen LogP contribution in [-0.2, 0) is 6.18 Å². The number of halogens is 3. The minimum Gasteiger partial charge on any atom is -0.351 e. The van der Waals surface area contributed by atoms with Gasteiger partial charge in [-0.1, -0.05) is 24.2 Å². The van der Waals surface area contributed by atoms with Crippen LogP contribution < -0.4 is 5.32 Å². The molecule has 1 aromatic heterocycles. The second kappa shape index (κ2) is 7.03. The Labute approximate surface area is 134 Å². The summed E-state index contributed by atoms with van der Waals surface area (Å²) in [4.78, 5) is 15.2. The zero-order valence-electron chi connectivity index (χ0n) is 12.3. The van der Waals surface area contributed by atoms with Gasteiger partial charge in [-0.05, 0) is 18.4 Å². The van der Waals surface area contributed by atoms with Gasteiger partial charge in [-0.2, -0.15) is 29.9 Å². The van der Waals surface area contributed by atoms with Crippen molar-refractivity contribution in [1.29, 1.82) is 0 Å². The zero-order chi connectivity index (χ0) is 17.0. The van der Waals surface area contributed by atoms with Crippen LogP contribution in [0.5, 0.6) is 0 Å². The lowest BCUT2D eigenvalue weighted by atomic mass is 10.1. The number of carbonyl (C=O) groups excluding carboxylic acids is 1. The summed E-state index contributed by atoms with van der Waals surface area (Å²) in [6, 6.07) is 5.94. The lowest BCUT2D eigenvalue weighted by Gasteiger charge is -2.09. The molecule has 0 bridgehead atoms. The van der Waals surface area contributed by atoms with Crippen LogP contribution in [0.25, 0.3) is 11.4 Å². The molecule has 2 aromatic rings. The van der Waals surface area contributed by atoms with Gasteiger partial charge >= 0.3 is 12.1 Å². The average Bonchev–Trinajstić information content (AvgIpc) is 3.02. The largest absolute Gasteiger partial charge is 0.471 e. The maximum Gasteiger partial charge on any atom is 0.471 e. The van der Waals surface area contributed by atoms with Crippen molar-refractivity contribution in [1.82, 2.24) is 15.5 Å². The molecule has 0 fully saturated rings. The van der Waals surface area contributed by atoms with E-state index in [1.807, 2.05) is 13.2 Å². The zero-order valence-corrected chi connectivity index (χ0v) is 13.2. The molecular formula is C14H14F3N3O2S. The highest BCUT2D eigenvalue weighted by Crippen LogP contribution is 2.29. The van der Waals surface area contributed by atoms with Gasteiger partial charge in [-0.15, -0.1) is 0 Å². The molecule has 9 heteroatoms. The van der Waals surface area contributed by atoms with Crippen molar-refractivity contribution in [2.75, 3.05) is 12.8 Å². The van der Waals surface area contributed by atoms with Crippen LogP contribution in [0.1, 0.15) is 23.2 Å². The summed E-state index contributed by atoms with van der Waals surface area (Å²) >= 11 is 1.63. The summed E-state index contributed by atoms with van der Waals surface area (Å²) in [5, 5.41) is 6.35. The van der Waals surface area contributed by atoms with Crippen LogP contribution in [0.15, 0.2) is 28.8 Å². The number of nitrogens with zero attached hydrogens (tertiary/aromatic N) is 2. The smallest absolute Gasteiger partial charge is 0.351 e. The molecule has 124 valence electrons. The summed E-state index contributed by atoms with van der Waals surface area (Å²) in [6.07, 6.45) is -2.73. The van der Waals surface area contributed by atoms with Crippen LogP contribution in [0, 0.1) is 0 Å². The molecular weight excluding hydrogens is 331 g/mol. The Morgan fingerprint density at radius 2 is 2.00 bits per heavy atom. The van der Waals surface area contributed by atoms with Crippen molar-refractivity contribution < 1.29 is 22.5 Å². The highest BCUT2D eigenvalue weighted by Gasteiger charge is 2.38. The summed E-state index contributed by atoms with van der Waals surface area (Å²) < 4.78 is 41.4. The predicted octanol–water partition coefficient (Wildman–Crippen LogP) is 3.24. The van der Waals surface area contributed by atoms with Crippen LogP contribution in [0.3, 0.4) is 0 Å². The van der Waals surface area contributed by atoms with E-state index in [1.54, 1.807) is 11.8 Å². The van der Waals surface area contributed by atoms with E-state index in [-0.39, 0.29) is 11.7 Å². The standard InChI is InChI=1S/C14H14F3N3O2S/c1-8(23-2)7-18-12(21)10-5-3-9(4-6-10)11-19-13(22-20-11)14(15,16)17/h3-6,8H,7H2,1-2H3,(H,18,21). The molecule has 0 radical (unpaired) electrons. The Morgan fingerprint density at radius 1 is 1.35 bits per heavy atom. The fourth-order valence-electron chi connectivity index (χ4n) is 1.65. The number of amides is 1. The van der Waals surface area contributed by atoms with Gasteiger partial charge in [0.2, 0.25) is 5.82 Å². The lowest BCUT2D eigenvalue weighted by Crippen LogP contribution is -2.29. The number of thioether (sulfide) groups is 1.